The van der Waals surface area contributed by atoms with Crippen molar-refractivity contribution in [1.82, 2.24) is 0 Å². The molecule has 0 amide bonds. The first-order valence-corrected chi connectivity index (χ1v) is 9.57. The van der Waals surface area contributed by atoms with Crippen LogP contribution in [0.2, 0.25) is 5.02 Å². The molecular weight excluding hydrogens is 370 g/mol. The first-order chi connectivity index (χ1) is 13.5. The van der Waals surface area contributed by atoms with Crippen LogP contribution in [0, 0.1) is 13.8 Å². The maximum absolute atomic E-state index is 6.41. The largest absolute Gasteiger partial charge is 0.493 e. The fraction of sp³-hybridized carbons (Fsp3) is 0.208. The van der Waals surface area contributed by atoms with Crippen molar-refractivity contribution in [3.63, 3.8) is 0 Å². The van der Waals surface area contributed by atoms with Gasteiger partial charge in [-0.2, -0.15) is 4.57 Å². The van der Waals surface area contributed by atoms with Crippen LogP contribution in [-0.4, -0.2) is 14.2 Å². The monoisotopic (exact) mass is 392 g/mol. The summed E-state index contributed by atoms with van der Waals surface area (Å²) < 4.78 is 13.4. The first kappa shape index (κ1) is 18.6. The second-order valence-corrected chi connectivity index (χ2v) is 7.52. The fourth-order valence-corrected chi connectivity index (χ4v) is 4.27. The summed E-state index contributed by atoms with van der Waals surface area (Å²) >= 11 is 6.41. The van der Waals surface area contributed by atoms with E-state index in [0.717, 1.165) is 26.8 Å². The molecule has 0 radical (unpaired) electrons. The van der Waals surface area contributed by atoms with Gasteiger partial charge in [0.1, 0.15) is 7.05 Å². The average molecular weight is 393 g/mol. The third kappa shape index (κ3) is 2.78. The summed E-state index contributed by atoms with van der Waals surface area (Å²) in [7, 11) is 5.40. The van der Waals surface area contributed by atoms with Crippen molar-refractivity contribution < 1.29 is 14.0 Å². The standard InChI is InChI=1S/C24H23ClNO2/c1-14-7-6-8-15(2)23(14)24-17-11-16(25)9-10-19(17)26(3)20-13-22(28-5)21(27-4)12-18(20)24/h6-13H,1-5H3/q+1. The number of ether oxygens (including phenoxy) is 2. The van der Waals surface area contributed by atoms with Crippen molar-refractivity contribution in [2.75, 3.05) is 14.2 Å². The van der Waals surface area contributed by atoms with Crippen molar-refractivity contribution in [3.8, 4) is 22.6 Å². The van der Waals surface area contributed by atoms with Gasteiger partial charge in [0.2, 0.25) is 11.0 Å². The van der Waals surface area contributed by atoms with Crippen LogP contribution >= 0.6 is 11.6 Å². The van der Waals surface area contributed by atoms with E-state index in [0.29, 0.717) is 11.5 Å². The quantitative estimate of drug-likeness (QED) is 0.326. The van der Waals surface area contributed by atoms with Crippen LogP contribution in [-0.2, 0) is 7.05 Å². The molecule has 0 aliphatic heterocycles. The molecule has 3 aromatic carbocycles. The average Bonchev–Trinajstić information content (AvgIpc) is 2.69. The molecule has 4 rings (SSSR count). The molecule has 1 aromatic heterocycles. The molecule has 0 atom stereocenters. The second kappa shape index (κ2) is 6.99. The van der Waals surface area contributed by atoms with Gasteiger partial charge in [-0.15, -0.1) is 0 Å². The van der Waals surface area contributed by atoms with Gasteiger partial charge in [-0.1, -0.05) is 29.8 Å². The van der Waals surface area contributed by atoms with E-state index in [2.05, 4.69) is 55.8 Å². The molecule has 0 fully saturated rings. The Balaban J connectivity index is 2.31. The third-order valence-corrected chi connectivity index (χ3v) is 5.69. The Morgan fingerprint density at radius 3 is 2.00 bits per heavy atom. The summed E-state index contributed by atoms with van der Waals surface area (Å²) in [6.45, 7) is 4.30. The van der Waals surface area contributed by atoms with Gasteiger partial charge in [-0.25, -0.2) is 0 Å². The molecule has 0 spiro atoms. The first-order valence-electron chi connectivity index (χ1n) is 9.19. The lowest BCUT2D eigenvalue weighted by Crippen LogP contribution is -2.30. The summed E-state index contributed by atoms with van der Waals surface area (Å²) in [5, 5.41) is 2.94. The highest BCUT2D eigenvalue weighted by Gasteiger charge is 2.23. The molecule has 1 heterocycles. The van der Waals surface area contributed by atoms with Crippen LogP contribution in [0.25, 0.3) is 32.9 Å². The Kier molecular flexibility index (Phi) is 4.64. The number of nitrogens with zero attached hydrogens (tertiary/aromatic N) is 1. The zero-order valence-electron chi connectivity index (χ0n) is 16.8. The Labute approximate surface area is 170 Å². The molecule has 142 valence electrons. The van der Waals surface area contributed by atoms with Gasteiger partial charge in [0, 0.05) is 16.7 Å². The number of aryl methyl sites for hydroxylation is 3. The Hall–Kier alpha value is -2.78. The number of hydrogen-bond acceptors (Lipinski definition) is 2. The molecule has 28 heavy (non-hydrogen) atoms. The Morgan fingerprint density at radius 1 is 0.750 bits per heavy atom. The van der Waals surface area contributed by atoms with Crippen molar-refractivity contribution in [2.45, 2.75) is 13.8 Å². The van der Waals surface area contributed by atoms with E-state index in [1.54, 1.807) is 14.2 Å². The van der Waals surface area contributed by atoms with E-state index in [9.17, 15) is 0 Å². The maximum atomic E-state index is 6.41. The Bertz CT molecular complexity index is 1210. The lowest BCUT2D eigenvalue weighted by Gasteiger charge is -2.17. The molecule has 0 saturated heterocycles. The van der Waals surface area contributed by atoms with Gasteiger partial charge in [-0.05, 0) is 48.7 Å². The van der Waals surface area contributed by atoms with Gasteiger partial charge in [0.15, 0.2) is 11.5 Å². The third-order valence-electron chi connectivity index (χ3n) is 5.45. The van der Waals surface area contributed by atoms with E-state index in [1.165, 1.54) is 22.3 Å². The van der Waals surface area contributed by atoms with Crippen molar-refractivity contribution in [2.24, 2.45) is 7.05 Å². The minimum absolute atomic E-state index is 0.712. The van der Waals surface area contributed by atoms with E-state index < -0.39 is 0 Å². The molecule has 0 bridgehead atoms. The summed E-state index contributed by atoms with van der Waals surface area (Å²) in [5.74, 6) is 1.43. The minimum atomic E-state index is 0.712. The molecule has 0 saturated carbocycles. The number of benzene rings is 3. The molecule has 0 aliphatic rings. The topological polar surface area (TPSA) is 22.3 Å². The van der Waals surface area contributed by atoms with Gasteiger partial charge in [0.05, 0.1) is 31.1 Å². The van der Waals surface area contributed by atoms with Crippen LogP contribution < -0.4 is 14.0 Å². The van der Waals surface area contributed by atoms with Gasteiger partial charge in [0.25, 0.3) is 0 Å². The number of aromatic nitrogens is 1. The zero-order valence-corrected chi connectivity index (χ0v) is 17.5. The molecule has 4 heteroatoms. The van der Waals surface area contributed by atoms with E-state index in [-0.39, 0.29) is 0 Å². The molecule has 4 aromatic rings. The van der Waals surface area contributed by atoms with Crippen molar-refractivity contribution >= 4 is 33.4 Å². The molecular formula is C24H23ClNO2+. The van der Waals surface area contributed by atoms with Crippen LogP contribution in [0.4, 0.5) is 0 Å². The van der Waals surface area contributed by atoms with Crippen molar-refractivity contribution in [1.29, 1.82) is 0 Å². The predicted octanol–water partition coefficient (Wildman–Crippen LogP) is 5.77. The number of rotatable bonds is 3. The normalized spacial score (nSPS) is 11.2. The number of hydrogen-bond donors (Lipinski definition) is 0. The highest BCUT2D eigenvalue weighted by molar-refractivity contribution is 6.31. The number of pyridine rings is 1. The fourth-order valence-electron chi connectivity index (χ4n) is 4.10. The summed E-state index contributed by atoms with van der Waals surface area (Å²) in [6, 6.07) is 16.6. The molecule has 0 N–H and O–H groups in total. The zero-order chi connectivity index (χ0) is 20.0. The predicted molar refractivity (Wildman–Crippen MR) is 116 cm³/mol. The second-order valence-electron chi connectivity index (χ2n) is 7.09. The van der Waals surface area contributed by atoms with Crippen LogP contribution in [0.5, 0.6) is 11.5 Å². The van der Waals surface area contributed by atoms with Crippen LogP contribution in [0.3, 0.4) is 0 Å². The van der Waals surface area contributed by atoms with E-state index in [1.807, 2.05) is 18.2 Å². The van der Waals surface area contributed by atoms with Crippen molar-refractivity contribution in [3.05, 3.63) is 64.7 Å². The molecule has 0 unspecified atom stereocenters. The van der Waals surface area contributed by atoms with Gasteiger partial charge < -0.3 is 9.47 Å². The Morgan fingerprint density at radius 2 is 1.36 bits per heavy atom. The smallest absolute Gasteiger partial charge is 0.217 e. The van der Waals surface area contributed by atoms with Crippen LogP contribution in [0.15, 0.2) is 48.5 Å². The summed E-state index contributed by atoms with van der Waals surface area (Å²) in [4.78, 5) is 0. The number of methoxy groups -OCH3 is 2. The highest BCUT2D eigenvalue weighted by Crippen LogP contribution is 2.41. The number of fused-ring (bicyclic) bond motifs is 2. The van der Waals surface area contributed by atoms with Crippen LogP contribution in [0.1, 0.15) is 11.1 Å². The SMILES string of the molecule is COc1cc2c(-c3c(C)cccc3C)c3cc(Cl)ccc3[n+](C)c2cc1OC. The summed E-state index contributed by atoms with van der Waals surface area (Å²) in [5.41, 5.74) is 7.04. The maximum Gasteiger partial charge on any atom is 0.217 e. The minimum Gasteiger partial charge on any atom is -0.493 e. The van der Waals surface area contributed by atoms with E-state index in [4.69, 9.17) is 21.1 Å². The van der Waals surface area contributed by atoms with Gasteiger partial charge >= 0.3 is 0 Å². The molecule has 3 nitrogen and oxygen atoms in total. The lowest BCUT2D eigenvalue weighted by atomic mass is 9.90. The number of halogens is 1. The molecule has 0 aliphatic carbocycles. The van der Waals surface area contributed by atoms with E-state index >= 15 is 0 Å². The highest BCUT2D eigenvalue weighted by atomic mass is 35.5. The van der Waals surface area contributed by atoms with Gasteiger partial charge in [-0.3, -0.25) is 0 Å². The summed E-state index contributed by atoms with van der Waals surface area (Å²) in [6.07, 6.45) is 0. The lowest BCUT2D eigenvalue weighted by molar-refractivity contribution is -0.617.